The molecule has 4 aromatic rings. The SMILES string of the molecule is O=C(Cn1ncc2ccccc2c1=O)N1CCCC1c1ncc(Cc2ccccc2F)o1. The second-order valence-corrected chi connectivity index (χ2v) is 7.87. The molecule has 0 spiro atoms. The van der Waals surface area contributed by atoms with E-state index in [1.54, 1.807) is 47.6 Å². The second kappa shape index (κ2) is 8.37. The maximum Gasteiger partial charge on any atom is 0.275 e. The van der Waals surface area contributed by atoms with Gasteiger partial charge in [-0.3, -0.25) is 9.59 Å². The third-order valence-electron chi connectivity index (χ3n) is 5.80. The molecule has 1 saturated heterocycles. The largest absolute Gasteiger partial charge is 0.443 e. The van der Waals surface area contributed by atoms with Crippen LogP contribution in [0.15, 0.2) is 70.1 Å². The van der Waals surface area contributed by atoms with Gasteiger partial charge < -0.3 is 9.32 Å². The molecular formula is C24H21FN4O3. The molecule has 1 aliphatic rings. The summed E-state index contributed by atoms with van der Waals surface area (Å²) >= 11 is 0. The average Bonchev–Trinajstić information content (AvgIpc) is 3.47. The summed E-state index contributed by atoms with van der Waals surface area (Å²) in [7, 11) is 0. The minimum atomic E-state index is -0.312. The van der Waals surface area contributed by atoms with Gasteiger partial charge in [0.15, 0.2) is 0 Å². The lowest BCUT2D eigenvalue weighted by atomic mass is 10.1. The molecule has 0 N–H and O–H groups in total. The molecule has 1 atom stereocenters. The number of nitrogens with zero attached hydrogens (tertiary/aromatic N) is 4. The molecule has 0 radical (unpaired) electrons. The summed E-state index contributed by atoms with van der Waals surface area (Å²) in [6.45, 7) is 0.403. The summed E-state index contributed by atoms with van der Waals surface area (Å²) < 4.78 is 21.0. The third-order valence-corrected chi connectivity index (χ3v) is 5.80. The Morgan fingerprint density at radius 3 is 2.81 bits per heavy atom. The fraction of sp³-hybridized carbons (Fsp3) is 0.250. The quantitative estimate of drug-likeness (QED) is 0.482. The van der Waals surface area contributed by atoms with Gasteiger partial charge in [-0.15, -0.1) is 0 Å². The molecule has 5 rings (SSSR count). The molecule has 32 heavy (non-hydrogen) atoms. The van der Waals surface area contributed by atoms with Gasteiger partial charge in [0.25, 0.3) is 5.56 Å². The van der Waals surface area contributed by atoms with Gasteiger partial charge in [-0.2, -0.15) is 5.10 Å². The van der Waals surface area contributed by atoms with Crippen LogP contribution in [0, 0.1) is 5.82 Å². The summed E-state index contributed by atoms with van der Waals surface area (Å²) in [6, 6.07) is 13.4. The molecule has 2 aromatic heterocycles. The molecular weight excluding hydrogens is 411 g/mol. The van der Waals surface area contributed by atoms with Gasteiger partial charge in [0, 0.05) is 18.4 Å². The highest BCUT2D eigenvalue weighted by molar-refractivity contribution is 5.81. The molecule has 0 aliphatic carbocycles. The first-order valence-corrected chi connectivity index (χ1v) is 10.5. The Balaban J connectivity index is 1.33. The van der Waals surface area contributed by atoms with Crippen molar-refractivity contribution in [1.82, 2.24) is 19.7 Å². The Hall–Kier alpha value is -3.81. The first-order valence-electron chi connectivity index (χ1n) is 10.5. The molecule has 3 heterocycles. The lowest BCUT2D eigenvalue weighted by Crippen LogP contribution is -2.37. The number of likely N-dealkylation sites (tertiary alicyclic amines) is 1. The minimum absolute atomic E-state index is 0.150. The lowest BCUT2D eigenvalue weighted by molar-refractivity contribution is -0.133. The van der Waals surface area contributed by atoms with Crippen LogP contribution in [0.5, 0.6) is 0 Å². The number of aromatic nitrogens is 3. The van der Waals surface area contributed by atoms with Crippen molar-refractivity contribution in [3.05, 3.63) is 94.3 Å². The van der Waals surface area contributed by atoms with Crippen LogP contribution in [0.4, 0.5) is 4.39 Å². The molecule has 0 saturated carbocycles. The van der Waals surface area contributed by atoms with E-state index in [-0.39, 0.29) is 36.3 Å². The number of amides is 1. The zero-order valence-electron chi connectivity index (χ0n) is 17.3. The number of benzene rings is 2. The van der Waals surface area contributed by atoms with Crippen LogP contribution in [0.3, 0.4) is 0 Å². The average molecular weight is 432 g/mol. The molecule has 8 heteroatoms. The van der Waals surface area contributed by atoms with E-state index in [2.05, 4.69) is 10.1 Å². The number of hydrogen-bond donors (Lipinski definition) is 0. The highest BCUT2D eigenvalue weighted by Crippen LogP contribution is 2.32. The van der Waals surface area contributed by atoms with Crippen molar-refractivity contribution >= 4 is 16.7 Å². The predicted octanol–water partition coefficient (Wildman–Crippen LogP) is 3.48. The minimum Gasteiger partial charge on any atom is -0.443 e. The van der Waals surface area contributed by atoms with E-state index in [1.807, 2.05) is 12.1 Å². The van der Waals surface area contributed by atoms with E-state index in [9.17, 15) is 14.0 Å². The Morgan fingerprint density at radius 2 is 1.94 bits per heavy atom. The number of oxazole rings is 1. The maximum atomic E-state index is 13.9. The smallest absolute Gasteiger partial charge is 0.275 e. The standard InChI is InChI=1S/C24H21FN4O3/c25-20-9-4-2-6-16(20)12-18-14-26-23(32-18)21-10-5-11-28(21)22(30)15-29-24(31)19-8-3-1-7-17(19)13-27-29/h1-4,6-9,13-14,21H,5,10-12,15H2. The van der Waals surface area contributed by atoms with Gasteiger partial charge in [0.1, 0.15) is 24.2 Å². The summed E-state index contributed by atoms with van der Waals surface area (Å²) in [5, 5.41) is 5.42. The fourth-order valence-corrected chi connectivity index (χ4v) is 4.17. The Morgan fingerprint density at radius 1 is 1.12 bits per heavy atom. The van der Waals surface area contributed by atoms with Crippen LogP contribution in [-0.2, 0) is 17.8 Å². The Kier molecular flexibility index (Phi) is 5.26. The van der Waals surface area contributed by atoms with Gasteiger partial charge >= 0.3 is 0 Å². The topological polar surface area (TPSA) is 81.2 Å². The monoisotopic (exact) mass is 432 g/mol. The van der Waals surface area contributed by atoms with Gasteiger partial charge in [0.05, 0.1) is 17.8 Å². The number of rotatable bonds is 5. The van der Waals surface area contributed by atoms with Crippen LogP contribution in [0.2, 0.25) is 0 Å². The van der Waals surface area contributed by atoms with E-state index in [0.717, 1.165) is 11.8 Å². The number of fused-ring (bicyclic) bond motifs is 1. The molecule has 7 nitrogen and oxygen atoms in total. The first-order chi connectivity index (χ1) is 15.6. The van der Waals surface area contributed by atoms with Crippen LogP contribution >= 0.6 is 0 Å². The van der Waals surface area contributed by atoms with Crippen molar-refractivity contribution in [2.45, 2.75) is 31.8 Å². The predicted molar refractivity (Wildman–Crippen MR) is 115 cm³/mol. The maximum absolute atomic E-state index is 13.9. The van der Waals surface area contributed by atoms with Gasteiger partial charge in [0.2, 0.25) is 11.8 Å². The van der Waals surface area contributed by atoms with Gasteiger partial charge in [-0.1, -0.05) is 36.4 Å². The van der Waals surface area contributed by atoms with Crippen LogP contribution in [0.25, 0.3) is 10.8 Å². The molecule has 2 aromatic carbocycles. The molecule has 1 fully saturated rings. The zero-order valence-corrected chi connectivity index (χ0v) is 17.3. The van der Waals surface area contributed by atoms with Crippen LogP contribution in [-0.4, -0.2) is 32.1 Å². The fourth-order valence-electron chi connectivity index (χ4n) is 4.17. The number of hydrogen-bond acceptors (Lipinski definition) is 5. The molecule has 162 valence electrons. The second-order valence-electron chi connectivity index (χ2n) is 7.87. The van der Waals surface area contributed by atoms with Gasteiger partial charge in [-0.25, -0.2) is 14.1 Å². The summed E-state index contributed by atoms with van der Waals surface area (Å²) in [5.74, 6) is 0.459. The highest BCUT2D eigenvalue weighted by Gasteiger charge is 2.33. The van der Waals surface area contributed by atoms with Crippen molar-refractivity contribution < 1.29 is 13.6 Å². The van der Waals surface area contributed by atoms with E-state index in [0.29, 0.717) is 35.6 Å². The van der Waals surface area contributed by atoms with Crippen molar-refractivity contribution in [1.29, 1.82) is 0 Å². The first kappa shape index (κ1) is 20.1. The van der Waals surface area contributed by atoms with Crippen LogP contribution < -0.4 is 5.56 Å². The normalized spacial score (nSPS) is 16.0. The van der Waals surface area contributed by atoms with E-state index < -0.39 is 0 Å². The number of carbonyl (C=O) groups is 1. The number of halogens is 1. The van der Waals surface area contributed by atoms with Crippen molar-refractivity contribution in [3.8, 4) is 0 Å². The summed E-state index contributed by atoms with van der Waals surface area (Å²) in [6.07, 6.45) is 4.98. The molecule has 1 aliphatic heterocycles. The third kappa shape index (κ3) is 3.79. The Labute approximate surface area is 183 Å². The Bertz CT molecular complexity index is 1350. The summed E-state index contributed by atoms with van der Waals surface area (Å²) in [4.78, 5) is 31.8. The molecule has 1 amide bonds. The van der Waals surface area contributed by atoms with Crippen molar-refractivity contribution in [2.75, 3.05) is 6.54 Å². The van der Waals surface area contributed by atoms with Crippen molar-refractivity contribution in [3.63, 3.8) is 0 Å². The number of carbonyl (C=O) groups excluding carboxylic acids is 1. The van der Waals surface area contributed by atoms with E-state index >= 15 is 0 Å². The highest BCUT2D eigenvalue weighted by atomic mass is 19.1. The van der Waals surface area contributed by atoms with Crippen LogP contribution in [0.1, 0.15) is 36.1 Å². The lowest BCUT2D eigenvalue weighted by Gasteiger charge is -2.22. The summed E-state index contributed by atoms with van der Waals surface area (Å²) in [5.41, 5.74) is 0.229. The van der Waals surface area contributed by atoms with Crippen molar-refractivity contribution in [2.24, 2.45) is 0 Å². The van der Waals surface area contributed by atoms with E-state index in [1.165, 1.54) is 10.7 Å². The molecule has 0 bridgehead atoms. The molecule has 1 unspecified atom stereocenters. The zero-order chi connectivity index (χ0) is 22.1. The van der Waals surface area contributed by atoms with E-state index in [4.69, 9.17) is 4.42 Å². The van der Waals surface area contributed by atoms with Gasteiger partial charge in [-0.05, 0) is 30.5 Å².